The third kappa shape index (κ3) is 4.50. The average Bonchev–Trinajstić information content (AvgIpc) is 3.27. The fourth-order valence-electron chi connectivity index (χ4n) is 4.40. The van der Waals surface area contributed by atoms with E-state index < -0.39 is 0 Å². The Labute approximate surface area is 202 Å². The predicted molar refractivity (Wildman–Crippen MR) is 132 cm³/mol. The summed E-state index contributed by atoms with van der Waals surface area (Å²) < 4.78 is 11.8. The lowest BCUT2D eigenvalue weighted by atomic mass is 10.1. The Morgan fingerprint density at radius 3 is 2.62 bits per heavy atom. The van der Waals surface area contributed by atoms with E-state index in [0.29, 0.717) is 30.7 Å². The first-order valence-electron chi connectivity index (χ1n) is 11.4. The van der Waals surface area contributed by atoms with Gasteiger partial charge in [-0.15, -0.1) is 11.3 Å². The number of anilines is 2. The summed E-state index contributed by atoms with van der Waals surface area (Å²) in [5.41, 5.74) is 10.4. The van der Waals surface area contributed by atoms with Crippen LogP contribution >= 0.6 is 11.3 Å². The third-order valence-corrected chi connectivity index (χ3v) is 7.35. The zero-order valence-corrected chi connectivity index (χ0v) is 20.3. The highest BCUT2D eigenvalue weighted by molar-refractivity contribution is 7.17. The van der Waals surface area contributed by atoms with Crippen LogP contribution < -0.4 is 15.4 Å². The molecule has 180 valence electrons. The van der Waals surface area contributed by atoms with Crippen LogP contribution in [0, 0.1) is 0 Å². The Morgan fingerprint density at radius 2 is 1.94 bits per heavy atom. The summed E-state index contributed by atoms with van der Waals surface area (Å²) in [6, 6.07) is 1.86. The molecule has 2 aliphatic heterocycles. The molecule has 3 aromatic heterocycles. The SMILES string of the molecule is COc1ncc(-c2nc(N3CCOCC3)nc3c(CN4CCN(C(C)=O)CC4)csc23)cc1N. The summed E-state index contributed by atoms with van der Waals surface area (Å²) >= 11 is 1.64. The standard InChI is InChI=1S/C23H29N7O3S/c1-15(31)29-5-3-28(4-6-29)13-17-14-34-21-19(16-11-18(24)22(32-2)25-12-16)26-23(27-20(17)21)30-7-9-33-10-8-30/h11-12,14H,3-10,13,24H2,1-2H3. The van der Waals surface area contributed by atoms with Crippen molar-refractivity contribution in [1.82, 2.24) is 24.8 Å². The van der Waals surface area contributed by atoms with Crippen molar-refractivity contribution in [2.24, 2.45) is 0 Å². The van der Waals surface area contributed by atoms with Crippen LogP contribution in [-0.4, -0.2) is 90.3 Å². The number of rotatable bonds is 5. The van der Waals surface area contributed by atoms with E-state index in [2.05, 4.69) is 20.2 Å². The van der Waals surface area contributed by atoms with Gasteiger partial charge in [-0.2, -0.15) is 0 Å². The van der Waals surface area contributed by atoms with E-state index >= 15 is 0 Å². The molecule has 3 aromatic rings. The number of fused-ring (bicyclic) bond motifs is 1. The molecule has 2 fully saturated rings. The molecule has 0 radical (unpaired) electrons. The highest BCUT2D eigenvalue weighted by atomic mass is 32.1. The molecule has 0 spiro atoms. The van der Waals surface area contributed by atoms with E-state index in [-0.39, 0.29) is 5.91 Å². The number of aromatic nitrogens is 3. The molecule has 10 nitrogen and oxygen atoms in total. The number of thiophene rings is 1. The number of ether oxygens (including phenoxy) is 2. The first-order chi connectivity index (χ1) is 16.5. The van der Waals surface area contributed by atoms with Gasteiger partial charge in [-0.05, 0) is 11.4 Å². The number of piperazine rings is 1. The van der Waals surface area contributed by atoms with Gasteiger partial charge in [0.25, 0.3) is 0 Å². The maximum atomic E-state index is 11.7. The quantitative estimate of drug-likeness (QED) is 0.581. The summed E-state index contributed by atoms with van der Waals surface area (Å²) in [6.07, 6.45) is 1.75. The number of morpholine rings is 1. The lowest BCUT2D eigenvalue weighted by Crippen LogP contribution is -2.47. The van der Waals surface area contributed by atoms with Gasteiger partial charge in [0.05, 0.1) is 41.9 Å². The monoisotopic (exact) mass is 483 g/mol. The summed E-state index contributed by atoms with van der Waals surface area (Å²) in [4.78, 5) is 32.5. The van der Waals surface area contributed by atoms with E-state index in [1.54, 1.807) is 31.6 Å². The topological polar surface area (TPSA) is 110 Å². The minimum atomic E-state index is 0.139. The number of carbonyl (C=O) groups excluding carboxylic acids is 1. The summed E-state index contributed by atoms with van der Waals surface area (Å²) in [5, 5.41) is 2.17. The van der Waals surface area contributed by atoms with Crippen LogP contribution in [0.5, 0.6) is 5.88 Å². The molecule has 0 bridgehead atoms. The van der Waals surface area contributed by atoms with Crippen LogP contribution in [0.2, 0.25) is 0 Å². The maximum absolute atomic E-state index is 11.7. The lowest BCUT2D eigenvalue weighted by molar-refractivity contribution is -0.130. The van der Waals surface area contributed by atoms with E-state index in [1.807, 2.05) is 11.0 Å². The van der Waals surface area contributed by atoms with Crippen molar-refractivity contribution in [3.05, 3.63) is 23.2 Å². The van der Waals surface area contributed by atoms with Crippen molar-refractivity contribution >= 4 is 39.1 Å². The number of carbonyl (C=O) groups is 1. The van der Waals surface area contributed by atoms with Gasteiger partial charge < -0.3 is 25.0 Å². The molecule has 0 aliphatic carbocycles. The van der Waals surface area contributed by atoms with Gasteiger partial charge in [-0.25, -0.2) is 15.0 Å². The van der Waals surface area contributed by atoms with Crippen molar-refractivity contribution in [3.8, 4) is 17.1 Å². The molecule has 0 aromatic carbocycles. The van der Waals surface area contributed by atoms with E-state index in [1.165, 1.54) is 5.56 Å². The Morgan fingerprint density at radius 1 is 1.18 bits per heavy atom. The Bertz CT molecular complexity index is 1190. The van der Waals surface area contributed by atoms with Gasteiger partial charge in [0.2, 0.25) is 17.7 Å². The van der Waals surface area contributed by atoms with Gasteiger partial charge >= 0.3 is 0 Å². The molecule has 2 N–H and O–H groups in total. The Balaban J connectivity index is 1.52. The van der Waals surface area contributed by atoms with Crippen molar-refractivity contribution in [1.29, 1.82) is 0 Å². The largest absolute Gasteiger partial charge is 0.480 e. The normalized spacial score (nSPS) is 17.4. The minimum absolute atomic E-state index is 0.139. The maximum Gasteiger partial charge on any atom is 0.236 e. The zero-order chi connectivity index (χ0) is 23.7. The van der Waals surface area contributed by atoms with Gasteiger partial charge in [0, 0.05) is 70.1 Å². The number of methoxy groups -OCH3 is 1. The Hall–Kier alpha value is -3.02. The number of hydrogen-bond acceptors (Lipinski definition) is 10. The van der Waals surface area contributed by atoms with Gasteiger partial charge in [0.15, 0.2) is 0 Å². The van der Waals surface area contributed by atoms with Crippen LogP contribution in [0.4, 0.5) is 11.6 Å². The molecule has 2 saturated heterocycles. The highest BCUT2D eigenvalue weighted by Crippen LogP contribution is 2.36. The van der Waals surface area contributed by atoms with E-state index in [9.17, 15) is 4.79 Å². The average molecular weight is 484 g/mol. The highest BCUT2D eigenvalue weighted by Gasteiger charge is 2.23. The summed E-state index contributed by atoms with van der Waals surface area (Å²) in [6.45, 7) is 8.45. The fourth-order valence-corrected chi connectivity index (χ4v) is 5.41. The van der Waals surface area contributed by atoms with Crippen LogP contribution in [0.15, 0.2) is 17.6 Å². The second-order valence-electron chi connectivity index (χ2n) is 8.52. The van der Waals surface area contributed by atoms with E-state index in [4.69, 9.17) is 25.2 Å². The summed E-state index contributed by atoms with van der Waals surface area (Å²) in [7, 11) is 1.56. The van der Waals surface area contributed by atoms with Crippen molar-refractivity contribution in [2.75, 3.05) is 70.2 Å². The number of pyridine rings is 1. The second-order valence-corrected chi connectivity index (χ2v) is 9.39. The smallest absolute Gasteiger partial charge is 0.236 e. The molecule has 2 aliphatic rings. The number of nitrogen functional groups attached to an aromatic ring is 1. The number of nitrogens with two attached hydrogens (primary N) is 1. The molecular formula is C23H29N7O3S. The predicted octanol–water partition coefficient (Wildman–Crippen LogP) is 1.84. The first-order valence-corrected chi connectivity index (χ1v) is 12.3. The van der Waals surface area contributed by atoms with Crippen molar-refractivity contribution in [2.45, 2.75) is 13.5 Å². The van der Waals surface area contributed by atoms with Crippen molar-refractivity contribution in [3.63, 3.8) is 0 Å². The first kappa shape index (κ1) is 22.8. The number of nitrogens with zero attached hydrogens (tertiary/aromatic N) is 6. The van der Waals surface area contributed by atoms with Gasteiger partial charge in [0.1, 0.15) is 0 Å². The number of hydrogen-bond donors (Lipinski definition) is 1. The molecule has 5 rings (SSSR count). The molecule has 11 heteroatoms. The number of amides is 1. The van der Waals surface area contributed by atoms with Crippen LogP contribution in [0.3, 0.4) is 0 Å². The van der Waals surface area contributed by atoms with Crippen LogP contribution in [0.1, 0.15) is 12.5 Å². The van der Waals surface area contributed by atoms with Gasteiger partial charge in [-0.3, -0.25) is 9.69 Å². The van der Waals surface area contributed by atoms with Gasteiger partial charge in [-0.1, -0.05) is 0 Å². The molecule has 0 unspecified atom stereocenters. The molecule has 0 atom stereocenters. The Kier molecular flexibility index (Phi) is 6.48. The molecule has 0 saturated carbocycles. The third-order valence-electron chi connectivity index (χ3n) is 6.33. The lowest BCUT2D eigenvalue weighted by Gasteiger charge is -2.34. The van der Waals surface area contributed by atoms with Crippen molar-refractivity contribution < 1.29 is 14.3 Å². The van der Waals surface area contributed by atoms with Crippen LogP contribution in [0.25, 0.3) is 21.5 Å². The fraction of sp³-hybridized carbons (Fsp3) is 0.478. The molecule has 5 heterocycles. The zero-order valence-electron chi connectivity index (χ0n) is 19.5. The molecule has 1 amide bonds. The molecular weight excluding hydrogens is 454 g/mol. The summed E-state index contributed by atoms with van der Waals surface area (Å²) in [5.74, 6) is 1.24. The van der Waals surface area contributed by atoms with E-state index in [0.717, 1.165) is 67.3 Å². The van der Waals surface area contributed by atoms with Crippen LogP contribution in [-0.2, 0) is 16.1 Å². The minimum Gasteiger partial charge on any atom is -0.480 e. The molecule has 34 heavy (non-hydrogen) atoms. The second kappa shape index (κ2) is 9.69.